The molecular weight excluding hydrogens is 216 g/mol. The lowest BCUT2D eigenvalue weighted by Crippen LogP contribution is -1.82. The van der Waals surface area contributed by atoms with Crippen molar-refractivity contribution in [2.24, 2.45) is 0 Å². The zero-order valence-electron chi connectivity index (χ0n) is 7.07. The van der Waals surface area contributed by atoms with Gasteiger partial charge in [0.15, 0.2) is 0 Å². The summed E-state index contributed by atoms with van der Waals surface area (Å²) in [5.41, 5.74) is 1.46. The fraction of sp³-hybridized carbons (Fsp3) is 0. The first kappa shape index (κ1) is 9.20. The van der Waals surface area contributed by atoms with E-state index in [9.17, 15) is 0 Å². The highest BCUT2D eigenvalue weighted by Crippen LogP contribution is 2.32. The number of thiophene rings is 1. The van der Waals surface area contributed by atoms with Gasteiger partial charge >= 0.3 is 0 Å². The standard InChI is InChI=1S/C10H5ClN2S/c11-10-2-1-9(14-10)8-3-4-13-6-7(8)5-12/h1-4,6H. The van der Waals surface area contributed by atoms with Crippen LogP contribution in [0.3, 0.4) is 0 Å². The van der Waals surface area contributed by atoms with Crippen molar-refractivity contribution in [1.29, 1.82) is 5.26 Å². The summed E-state index contributed by atoms with van der Waals surface area (Å²) in [7, 11) is 0. The van der Waals surface area contributed by atoms with Crippen LogP contribution in [0, 0.1) is 11.3 Å². The third-order valence-corrected chi connectivity index (χ3v) is 3.04. The molecule has 2 heterocycles. The average Bonchev–Trinajstić information content (AvgIpc) is 2.65. The number of halogens is 1. The molecule has 14 heavy (non-hydrogen) atoms. The van der Waals surface area contributed by atoms with Gasteiger partial charge in [0.1, 0.15) is 6.07 Å². The van der Waals surface area contributed by atoms with E-state index in [2.05, 4.69) is 11.1 Å². The van der Waals surface area contributed by atoms with Gasteiger partial charge in [0.2, 0.25) is 0 Å². The van der Waals surface area contributed by atoms with E-state index in [4.69, 9.17) is 16.9 Å². The Morgan fingerprint density at radius 3 is 2.86 bits per heavy atom. The molecule has 0 atom stereocenters. The van der Waals surface area contributed by atoms with Gasteiger partial charge in [0, 0.05) is 22.8 Å². The predicted molar refractivity (Wildman–Crippen MR) is 57.3 cm³/mol. The zero-order chi connectivity index (χ0) is 9.97. The Morgan fingerprint density at radius 2 is 2.21 bits per heavy atom. The first-order valence-electron chi connectivity index (χ1n) is 3.91. The van der Waals surface area contributed by atoms with Gasteiger partial charge in [-0.3, -0.25) is 4.98 Å². The van der Waals surface area contributed by atoms with Crippen molar-refractivity contribution in [2.45, 2.75) is 0 Å². The van der Waals surface area contributed by atoms with E-state index in [0.717, 1.165) is 14.8 Å². The third-order valence-electron chi connectivity index (χ3n) is 1.78. The minimum atomic E-state index is 0.575. The van der Waals surface area contributed by atoms with Crippen molar-refractivity contribution < 1.29 is 0 Å². The van der Waals surface area contributed by atoms with Gasteiger partial charge in [0.25, 0.3) is 0 Å². The first-order chi connectivity index (χ1) is 6.81. The van der Waals surface area contributed by atoms with Crippen molar-refractivity contribution in [3.63, 3.8) is 0 Å². The van der Waals surface area contributed by atoms with Gasteiger partial charge in [-0.25, -0.2) is 0 Å². The maximum Gasteiger partial charge on any atom is 0.101 e. The SMILES string of the molecule is N#Cc1cnccc1-c1ccc(Cl)s1. The number of nitriles is 1. The van der Waals surface area contributed by atoms with Crippen LogP contribution in [0.1, 0.15) is 5.56 Å². The van der Waals surface area contributed by atoms with Crippen molar-refractivity contribution in [3.8, 4) is 16.5 Å². The zero-order valence-corrected chi connectivity index (χ0v) is 8.64. The fourth-order valence-electron chi connectivity index (χ4n) is 1.16. The molecule has 0 spiro atoms. The molecule has 0 unspecified atom stereocenters. The highest BCUT2D eigenvalue weighted by molar-refractivity contribution is 7.19. The molecule has 0 saturated heterocycles. The average molecular weight is 221 g/mol. The molecule has 2 aromatic rings. The van der Waals surface area contributed by atoms with Gasteiger partial charge in [-0.15, -0.1) is 11.3 Å². The number of pyridine rings is 1. The van der Waals surface area contributed by atoms with Crippen LogP contribution in [0.25, 0.3) is 10.4 Å². The molecule has 2 rings (SSSR count). The number of hydrogen-bond acceptors (Lipinski definition) is 3. The Bertz CT molecular complexity index is 499. The number of rotatable bonds is 1. The van der Waals surface area contributed by atoms with E-state index >= 15 is 0 Å². The Kier molecular flexibility index (Phi) is 2.49. The molecule has 0 radical (unpaired) electrons. The molecular formula is C10H5ClN2S. The molecule has 0 aliphatic heterocycles. The lowest BCUT2D eigenvalue weighted by Gasteiger charge is -1.97. The molecule has 2 aromatic heterocycles. The summed E-state index contributed by atoms with van der Waals surface area (Å²) in [5.74, 6) is 0. The van der Waals surface area contributed by atoms with Crippen molar-refractivity contribution in [2.75, 3.05) is 0 Å². The minimum Gasteiger partial charge on any atom is -0.263 e. The molecule has 2 nitrogen and oxygen atoms in total. The Morgan fingerprint density at radius 1 is 1.36 bits per heavy atom. The van der Waals surface area contributed by atoms with Gasteiger partial charge < -0.3 is 0 Å². The van der Waals surface area contributed by atoms with Crippen LogP contribution in [0.15, 0.2) is 30.6 Å². The summed E-state index contributed by atoms with van der Waals surface area (Å²) in [5, 5.41) is 8.87. The summed E-state index contributed by atoms with van der Waals surface area (Å²) < 4.78 is 0.723. The van der Waals surface area contributed by atoms with E-state index in [1.165, 1.54) is 11.3 Å². The van der Waals surface area contributed by atoms with E-state index in [0.29, 0.717) is 5.56 Å². The van der Waals surface area contributed by atoms with Crippen LogP contribution in [-0.4, -0.2) is 4.98 Å². The van der Waals surface area contributed by atoms with Crippen LogP contribution in [-0.2, 0) is 0 Å². The van der Waals surface area contributed by atoms with E-state index < -0.39 is 0 Å². The first-order valence-corrected chi connectivity index (χ1v) is 5.10. The van der Waals surface area contributed by atoms with Crippen LogP contribution in [0.5, 0.6) is 0 Å². The predicted octanol–water partition coefficient (Wildman–Crippen LogP) is 3.34. The van der Waals surface area contributed by atoms with Crippen LogP contribution < -0.4 is 0 Å². The molecule has 0 N–H and O–H groups in total. The molecule has 0 aliphatic rings. The van der Waals surface area contributed by atoms with Gasteiger partial charge in [-0.2, -0.15) is 5.26 Å². The van der Waals surface area contributed by atoms with Crippen LogP contribution in [0.4, 0.5) is 0 Å². The second kappa shape index (κ2) is 3.79. The van der Waals surface area contributed by atoms with Crippen LogP contribution in [0.2, 0.25) is 4.34 Å². The largest absolute Gasteiger partial charge is 0.263 e. The molecule has 68 valence electrons. The maximum atomic E-state index is 8.87. The lowest BCUT2D eigenvalue weighted by atomic mass is 10.1. The molecule has 0 aliphatic carbocycles. The molecule has 0 amide bonds. The topological polar surface area (TPSA) is 36.7 Å². The summed E-state index contributed by atoms with van der Waals surface area (Å²) in [6.07, 6.45) is 3.23. The number of hydrogen-bond donors (Lipinski definition) is 0. The second-order valence-electron chi connectivity index (χ2n) is 2.64. The smallest absolute Gasteiger partial charge is 0.101 e. The molecule has 0 fully saturated rings. The van der Waals surface area contributed by atoms with E-state index in [1.807, 2.05) is 18.2 Å². The van der Waals surface area contributed by atoms with E-state index in [1.54, 1.807) is 12.4 Å². The quantitative estimate of drug-likeness (QED) is 0.739. The number of aromatic nitrogens is 1. The highest BCUT2D eigenvalue weighted by atomic mass is 35.5. The molecule has 4 heteroatoms. The summed E-state index contributed by atoms with van der Waals surface area (Å²) in [6.45, 7) is 0. The van der Waals surface area contributed by atoms with Gasteiger partial charge in [0.05, 0.1) is 9.90 Å². The Balaban J connectivity index is 2.57. The van der Waals surface area contributed by atoms with Crippen LogP contribution >= 0.6 is 22.9 Å². The van der Waals surface area contributed by atoms with Gasteiger partial charge in [-0.1, -0.05) is 11.6 Å². The van der Waals surface area contributed by atoms with Crippen molar-refractivity contribution in [1.82, 2.24) is 4.98 Å². The maximum absolute atomic E-state index is 8.87. The Labute approximate surface area is 90.4 Å². The van der Waals surface area contributed by atoms with E-state index in [-0.39, 0.29) is 0 Å². The summed E-state index contributed by atoms with van der Waals surface area (Å²) in [4.78, 5) is 4.89. The highest BCUT2D eigenvalue weighted by Gasteiger charge is 2.06. The van der Waals surface area contributed by atoms with Crippen molar-refractivity contribution >= 4 is 22.9 Å². The molecule has 0 aromatic carbocycles. The number of nitrogens with zero attached hydrogens (tertiary/aromatic N) is 2. The normalized spacial score (nSPS) is 9.71. The summed E-state index contributed by atoms with van der Waals surface area (Å²) >= 11 is 7.28. The minimum absolute atomic E-state index is 0.575. The summed E-state index contributed by atoms with van der Waals surface area (Å²) in [6, 6.07) is 7.65. The molecule has 0 bridgehead atoms. The fourth-order valence-corrected chi connectivity index (χ4v) is 2.24. The van der Waals surface area contributed by atoms with Crippen molar-refractivity contribution in [3.05, 3.63) is 40.5 Å². The lowest BCUT2D eigenvalue weighted by molar-refractivity contribution is 1.31. The monoisotopic (exact) mass is 220 g/mol. The third kappa shape index (κ3) is 1.63. The second-order valence-corrected chi connectivity index (χ2v) is 4.35. The molecule has 0 saturated carbocycles. The van der Waals surface area contributed by atoms with Gasteiger partial charge in [-0.05, 0) is 18.2 Å². The Hall–Kier alpha value is -1.37.